The van der Waals surface area contributed by atoms with Gasteiger partial charge in [0.05, 0.1) is 17.7 Å². The van der Waals surface area contributed by atoms with E-state index < -0.39 is 10.0 Å². The number of nitrogens with one attached hydrogen (secondary N) is 2. The molecule has 0 saturated heterocycles. The number of hydrogen-bond donors (Lipinski definition) is 2. The van der Waals surface area contributed by atoms with E-state index in [1.165, 1.54) is 24.8 Å². The lowest BCUT2D eigenvalue weighted by atomic mass is 9.78. The molecule has 1 saturated carbocycles. The molecule has 1 aliphatic rings. The highest BCUT2D eigenvalue weighted by Gasteiger charge is 2.28. The van der Waals surface area contributed by atoms with Crippen LogP contribution in [0.1, 0.15) is 49.2 Å². The zero-order chi connectivity index (χ0) is 19.4. The Bertz CT molecular complexity index is 860. The molecule has 3 unspecified atom stereocenters. The van der Waals surface area contributed by atoms with Crippen molar-refractivity contribution >= 4 is 15.9 Å². The van der Waals surface area contributed by atoms with Crippen molar-refractivity contribution in [1.29, 1.82) is 0 Å². The molecule has 146 valence electrons. The molecule has 3 atom stereocenters. The molecule has 1 aliphatic carbocycles. The van der Waals surface area contributed by atoms with Gasteiger partial charge < -0.3 is 9.73 Å². The van der Waals surface area contributed by atoms with Crippen molar-refractivity contribution in [3.63, 3.8) is 0 Å². The van der Waals surface area contributed by atoms with Crippen LogP contribution in [0, 0.1) is 11.8 Å². The topological polar surface area (TPSA) is 88.4 Å². The minimum absolute atomic E-state index is 0.0787. The van der Waals surface area contributed by atoms with Crippen LogP contribution in [0.15, 0.2) is 52.0 Å². The van der Waals surface area contributed by atoms with Gasteiger partial charge in [-0.05, 0) is 54.7 Å². The van der Waals surface area contributed by atoms with E-state index in [4.69, 9.17) is 4.42 Å². The summed E-state index contributed by atoms with van der Waals surface area (Å²) in [7, 11) is -3.66. The summed E-state index contributed by atoms with van der Waals surface area (Å²) in [5, 5.41) is 3.10. The Morgan fingerprint density at radius 3 is 2.56 bits per heavy atom. The summed E-state index contributed by atoms with van der Waals surface area (Å²) in [5.41, 5.74) is 0.463. The molecule has 2 N–H and O–H groups in total. The standard InChI is InChI=1S/C20H26N2O4S/c1-14-5-3-7-19(15(14)2)22-20(23)16-8-10-18(11-9-16)27(24,25)21-13-17-6-4-12-26-17/h4,6,8-12,14-15,19,21H,3,5,7,13H2,1-2H3,(H,22,23). The normalized spacial score (nSPS) is 23.1. The number of amides is 1. The van der Waals surface area contributed by atoms with Crippen molar-refractivity contribution in [2.24, 2.45) is 11.8 Å². The van der Waals surface area contributed by atoms with Crippen molar-refractivity contribution < 1.29 is 17.6 Å². The molecule has 0 bridgehead atoms. The Kier molecular flexibility index (Phi) is 6.01. The molecule has 2 aromatic rings. The Balaban J connectivity index is 1.63. The van der Waals surface area contributed by atoms with Crippen LogP contribution < -0.4 is 10.0 Å². The van der Waals surface area contributed by atoms with Gasteiger partial charge in [0.2, 0.25) is 10.0 Å². The fourth-order valence-electron chi connectivity index (χ4n) is 3.49. The second-order valence-corrected chi connectivity index (χ2v) is 9.04. The van der Waals surface area contributed by atoms with E-state index >= 15 is 0 Å². The van der Waals surface area contributed by atoms with E-state index in [-0.39, 0.29) is 23.4 Å². The monoisotopic (exact) mass is 390 g/mol. The Morgan fingerprint density at radius 2 is 1.89 bits per heavy atom. The molecule has 0 spiro atoms. The molecule has 1 aromatic heterocycles. The average molecular weight is 391 g/mol. The third kappa shape index (κ3) is 4.78. The molecule has 1 fully saturated rings. The number of carbonyl (C=O) groups is 1. The zero-order valence-electron chi connectivity index (χ0n) is 15.6. The first-order chi connectivity index (χ1) is 12.9. The quantitative estimate of drug-likeness (QED) is 0.792. The molecular formula is C20H26N2O4S. The third-order valence-corrected chi connectivity index (χ3v) is 6.88. The van der Waals surface area contributed by atoms with Gasteiger partial charge in [0, 0.05) is 11.6 Å². The molecule has 27 heavy (non-hydrogen) atoms. The summed E-state index contributed by atoms with van der Waals surface area (Å²) in [6.07, 6.45) is 4.80. The van der Waals surface area contributed by atoms with E-state index in [1.807, 2.05) is 0 Å². The molecule has 3 rings (SSSR count). The average Bonchev–Trinajstić information content (AvgIpc) is 3.18. The van der Waals surface area contributed by atoms with Crippen molar-refractivity contribution in [3.8, 4) is 0 Å². The molecule has 0 radical (unpaired) electrons. The predicted octanol–water partition coefficient (Wildman–Crippen LogP) is 3.31. The van der Waals surface area contributed by atoms with Crippen molar-refractivity contribution in [1.82, 2.24) is 10.0 Å². The zero-order valence-corrected chi connectivity index (χ0v) is 16.5. The SMILES string of the molecule is CC1CCCC(NC(=O)c2ccc(S(=O)(=O)NCc3ccco3)cc2)C1C. The lowest BCUT2D eigenvalue weighted by molar-refractivity contribution is 0.0891. The molecule has 7 heteroatoms. The Hall–Kier alpha value is -2.12. The van der Waals surface area contributed by atoms with E-state index in [2.05, 4.69) is 23.9 Å². The van der Waals surface area contributed by atoms with Crippen LogP contribution >= 0.6 is 0 Å². The fraction of sp³-hybridized carbons (Fsp3) is 0.450. The van der Waals surface area contributed by atoms with Gasteiger partial charge >= 0.3 is 0 Å². The van der Waals surface area contributed by atoms with Crippen LogP contribution in [0.4, 0.5) is 0 Å². The van der Waals surface area contributed by atoms with Crippen LogP contribution in [0.3, 0.4) is 0 Å². The van der Waals surface area contributed by atoms with Gasteiger partial charge in [0.15, 0.2) is 0 Å². The number of rotatable bonds is 6. The van der Waals surface area contributed by atoms with Crippen LogP contribution in [0.25, 0.3) is 0 Å². The molecule has 1 amide bonds. The molecule has 0 aliphatic heterocycles. The third-order valence-electron chi connectivity index (χ3n) is 5.47. The van der Waals surface area contributed by atoms with Crippen LogP contribution in [0.5, 0.6) is 0 Å². The first-order valence-corrected chi connectivity index (χ1v) is 10.8. The lowest BCUT2D eigenvalue weighted by Crippen LogP contribution is -2.43. The first kappa shape index (κ1) is 19.6. The summed E-state index contributed by atoms with van der Waals surface area (Å²) in [5.74, 6) is 1.41. The minimum atomic E-state index is -3.66. The summed E-state index contributed by atoms with van der Waals surface area (Å²) >= 11 is 0. The van der Waals surface area contributed by atoms with Crippen molar-refractivity contribution in [3.05, 3.63) is 54.0 Å². The van der Waals surface area contributed by atoms with Crippen molar-refractivity contribution in [2.45, 2.75) is 50.6 Å². The van der Waals surface area contributed by atoms with Gasteiger partial charge in [0.25, 0.3) is 5.91 Å². The maximum absolute atomic E-state index is 12.5. The predicted molar refractivity (Wildman–Crippen MR) is 103 cm³/mol. The van der Waals surface area contributed by atoms with Crippen molar-refractivity contribution in [2.75, 3.05) is 0 Å². The van der Waals surface area contributed by atoms with Crippen LogP contribution in [-0.2, 0) is 16.6 Å². The highest BCUT2D eigenvalue weighted by Crippen LogP contribution is 2.29. The second kappa shape index (κ2) is 8.27. The van der Waals surface area contributed by atoms with E-state index in [0.717, 1.165) is 12.8 Å². The Labute approximate surface area is 160 Å². The van der Waals surface area contributed by atoms with Gasteiger partial charge in [-0.15, -0.1) is 0 Å². The summed E-state index contributed by atoms with van der Waals surface area (Å²) < 4.78 is 32.3. The van der Waals surface area contributed by atoms with Crippen LogP contribution in [0.2, 0.25) is 0 Å². The smallest absolute Gasteiger partial charge is 0.251 e. The highest BCUT2D eigenvalue weighted by molar-refractivity contribution is 7.89. The summed E-state index contributed by atoms with van der Waals surface area (Å²) in [6, 6.07) is 9.56. The van der Waals surface area contributed by atoms with Gasteiger partial charge in [-0.3, -0.25) is 4.79 Å². The van der Waals surface area contributed by atoms with E-state index in [1.54, 1.807) is 24.3 Å². The largest absolute Gasteiger partial charge is 0.468 e. The van der Waals surface area contributed by atoms with Gasteiger partial charge in [-0.1, -0.05) is 26.7 Å². The molecule has 1 aromatic carbocycles. The minimum Gasteiger partial charge on any atom is -0.468 e. The Morgan fingerprint density at radius 1 is 1.15 bits per heavy atom. The molecule has 1 heterocycles. The molecular weight excluding hydrogens is 364 g/mol. The maximum Gasteiger partial charge on any atom is 0.251 e. The number of hydrogen-bond acceptors (Lipinski definition) is 4. The highest BCUT2D eigenvalue weighted by atomic mass is 32.2. The molecule has 6 nitrogen and oxygen atoms in total. The van der Waals surface area contributed by atoms with Crippen LogP contribution in [-0.4, -0.2) is 20.4 Å². The summed E-state index contributed by atoms with van der Waals surface area (Å²) in [6.45, 7) is 4.48. The lowest BCUT2D eigenvalue weighted by Gasteiger charge is -2.34. The van der Waals surface area contributed by atoms with E-state index in [9.17, 15) is 13.2 Å². The number of carbonyl (C=O) groups excluding carboxylic acids is 1. The maximum atomic E-state index is 12.5. The summed E-state index contributed by atoms with van der Waals surface area (Å²) in [4.78, 5) is 12.6. The van der Waals surface area contributed by atoms with Gasteiger partial charge in [0.1, 0.15) is 5.76 Å². The van der Waals surface area contributed by atoms with Gasteiger partial charge in [-0.25, -0.2) is 13.1 Å². The van der Waals surface area contributed by atoms with Gasteiger partial charge in [-0.2, -0.15) is 0 Å². The number of benzene rings is 1. The fourth-order valence-corrected chi connectivity index (χ4v) is 4.48. The first-order valence-electron chi connectivity index (χ1n) is 9.30. The second-order valence-electron chi connectivity index (χ2n) is 7.28. The number of furan rings is 1. The number of sulfonamides is 1. The van der Waals surface area contributed by atoms with E-state index in [0.29, 0.717) is 23.2 Å².